The van der Waals surface area contributed by atoms with Crippen LogP contribution >= 0.6 is 11.6 Å². The van der Waals surface area contributed by atoms with E-state index in [0.29, 0.717) is 11.1 Å². The van der Waals surface area contributed by atoms with E-state index in [-0.39, 0.29) is 11.9 Å². The van der Waals surface area contributed by atoms with Gasteiger partial charge >= 0.3 is 0 Å². The van der Waals surface area contributed by atoms with Crippen LogP contribution in [-0.2, 0) is 4.79 Å². The van der Waals surface area contributed by atoms with E-state index in [1.54, 1.807) is 0 Å². The molecule has 1 heterocycles. The minimum absolute atomic E-state index is 0.132. The average Bonchev–Trinajstić information content (AvgIpc) is 2.77. The van der Waals surface area contributed by atoms with Crippen LogP contribution in [0.5, 0.6) is 0 Å². The Morgan fingerprint density at radius 3 is 2.21 bits per heavy atom. The van der Waals surface area contributed by atoms with Crippen molar-refractivity contribution in [1.82, 2.24) is 10.2 Å². The quantitative estimate of drug-likeness (QED) is 0.777. The Hall–Kier alpha value is -2.04. The van der Waals surface area contributed by atoms with E-state index < -0.39 is 0 Å². The predicted octanol–water partition coefficient (Wildman–Crippen LogP) is 4.65. The lowest BCUT2D eigenvalue weighted by molar-refractivity contribution is -0.127. The number of hydrogen-bond donors (Lipinski definition) is 1. The molecular formula is C24H30ClN3O. The van der Waals surface area contributed by atoms with Crippen LogP contribution in [0.2, 0.25) is 5.02 Å². The van der Waals surface area contributed by atoms with Gasteiger partial charge in [-0.05, 0) is 42.7 Å². The summed E-state index contributed by atoms with van der Waals surface area (Å²) in [4.78, 5) is 18.1. The van der Waals surface area contributed by atoms with Gasteiger partial charge in [-0.25, -0.2) is 0 Å². The number of amides is 1. The van der Waals surface area contributed by atoms with Crippen molar-refractivity contribution < 1.29 is 4.79 Å². The molecule has 2 aromatic carbocycles. The first-order chi connectivity index (χ1) is 14.2. The molecule has 1 amide bonds. The summed E-state index contributed by atoms with van der Waals surface area (Å²) < 4.78 is 0. The van der Waals surface area contributed by atoms with Gasteiger partial charge in [-0.1, -0.05) is 61.2 Å². The van der Waals surface area contributed by atoms with Gasteiger partial charge in [0.1, 0.15) is 6.04 Å². The number of halogens is 1. The number of carbonyl (C=O) groups excluding carboxylic acids is 1. The van der Waals surface area contributed by atoms with Crippen LogP contribution in [0.3, 0.4) is 0 Å². The van der Waals surface area contributed by atoms with Crippen molar-refractivity contribution in [2.45, 2.75) is 44.2 Å². The van der Waals surface area contributed by atoms with Crippen molar-refractivity contribution >= 4 is 23.2 Å². The lowest BCUT2D eigenvalue weighted by Gasteiger charge is -2.40. The minimum atomic E-state index is -0.257. The number of benzene rings is 2. The van der Waals surface area contributed by atoms with Crippen LogP contribution in [0.4, 0.5) is 5.69 Å². The average molecular weight is 412 g/mol. The fraction of sp³-hybridized carbons (Fsp3) is 0.458. The van der Waals surface area contributed by atoms with Gasteiger partial charge in [0.2, 0.25) is 5.91 Å². The molecule has 1 atom stereocenters. The van der Waals surface area contributed by atoms with Gasteiger partial charge in [0.05, 0.1) is 0 Å². The third-order valence-corrected chi connectivity index (χ3v) is 6.44. The second-order valence-electron chi connectivity index (χ2n) is 8.16. The zero-order chi connectivity index (χ0) is 20.1. The lowest BCUT2D eigenvalue weighted by atomic mass is 9.94. The molecule has 4 nitrogen and oxygen atoms in total. The van der Waals surface area contributed by atoms with E-state index in [4.69, 9.17) is 11.6 Å². The number of rotatable bonds is 5. The van der Waals surface area contributed by atoms with Gasteiger partial charge in [-0.3, -0.25) is 9.69 Å². The van der Waals surface area contributed by atoms with Crippen molar-refractivity contribution in [1.29, 1.82) is 0 Å². The second-order valence-corrected chi connectivity index (χ2v) is 8.59. The normalized spacial score (nSPS) is 19.7. The summed E-state index contributed by atoms with van der Waals surface area (Å²) in [5.74, 6) is 0.132. The highest BCUT2D eigenvalue weighted by atomic mass is 35.5. The van der Waals surface area contributed by atoms with Gasteiger partial charge in [0.25, 0.3) is 0 Å². The van der Waals surface area contributed by atoms with E-state index in [2.05, 4.69) is 39.4 Å². The van der Waals surface area contributed by atoms with Gasteiger partial charge in [-0.2, -0.15) is 0 Å². The molecule has 4 rings (SSSR count). The van der Waals surface area contributed by atoms with Crippen molar-refractivity contribution in [3.63, 3.8) is 0 Å². The van der Waals surface area contributed by atoms with Crippen molar-refractivity contribution in [2.75, 3.05) is 31.1 Å². The Morgan fingerprint density at radius 1 is 0.897 bits per heavy atom. The molecule has 29 heavy (non-hydrogen) atoms. The summed E-state index contributed by atoms with van der Waals surface area (Å²) in [6.45, 7) is 3.57. The van der Waals surface area contributed by atoms with Crippen LogP contribution in [0.15, 0.2) is 54.6 Å². The Labute approximate surface area is 178 Å². The Kier molecular flexibility index (Phi) is 6.73. The predicted molar refractivity (Wildman–Crippen MR) is 119 cm³/mol. The van der Waals surface area contributed by atoms with Crippen LogP contribution < -0.4 is 10.2 Å². The summed E-state index contributed by atoms with van der Waals surface area (Å²) >= 11 is 6.10. The number of nitrogens with one attached hydrogen (secondary N) is 1. The zero-order valence-electron chi connectivity index (χ0n) is 16.9. The molecule has 5 heteroatoms. The first kappa shape index (κ1) is 20.2. The first-order valence-electron chi connectivity index (χ1n) is 10.8. The lowest BCUT2D eigenvalue weighted by Crippen LogP contribution is -2.52. The molecule has 0 aromatic heterocycles. The number of anilines is 1. The highest BCUT2D eigenvalue weighted by Crippen LogP contribution is 2.27. The molecule has 1 aliphatic heterocycles. The standard InChI is InChI=1S/C24H30ClN3O/c25-20-13-11-19(12-14-20)23(24(29)26-21-7-3-1-4-8-21)28-17-15-27(16-18-28)22-9-5-2-6-10-22/h2,5-6,9-14,21,23H,1,3-4,7-8,15-18H2,(H,26,29)/t23-/m1/s1. The number of hydrogen-bond acceptors (Lipinski definition) is 3. The summed E-state index contributed by atoms with van der Waals surface area (Å²) in [6.07, 6.45) is 5.91. The zero-order valence-corrected chi connectivity index (χ0v) is 17.7. The monoisotopic (exact) mass is 411 g/mol. The highest BCUT2D eigenvalue weighted by Gasteiger charge is 2.32. The molecular weight excluding hydrogens is 382 g/mol. The number of piperazine rings is 1. The largest absolute Gasteiger partial charge is 0.369 e. The smallest absolute Gasteiger partial charge is 0.242 e. The minimum Gasteiger partial charge on any atom is -0.369 e. The number of carbonyl (C=O) groups is 1. The van der Waals surface area contributed by atoms with Gasteiger partial charge in [0.15, 0.2) is 0 Å². The van der Waals surface area contributed by atoms with Crippen LogP contribution in [0, 0.1) is 0 Å². The molecule has 1 N–H and O–H groups in total. The molecule has 0 unspecified atom stereocenters. The summed E-state index contributed by atoms with van der Waals surface area (Å²) in [5, 5.41) is 4.05. The molecule has 0 radical (unpaired) electrons. The number of nitrogens with zero attached hydrogens (tertiary/aromatic N) is 2. The van der Waals surface area contributed by atoms with Crippen molar-refractivity contribution in [3.8, 4) is 0 Å². The maximum atomic E-state index is 13.3. The fourth-order valence-electron chi connectivity index (χ4n) is 4.58. The summed E-state index contributed by atoms with van der Waals surface area (Å²) in [5.41, 5.74) is 2.28. The molecule has 0 spiro atoms. The Bertz CT molecular complexity index is 782. The van der Waals surface area contributed by atoms with Gasteiger partial charge in [0, 0.05) is 42.9 Å². The van der Waals surface area contributed by atoms with Crippen molar-refractivity contribution in [3.05, 3.63) is 65.2 Å². The van der Waals surface area contributed by atoms with E-state index in [1.165, 1.54) is 24.9 Å². The third-order valence-electron chi connectivity index (χ3n) is 6.19. The Balaban J connectivity index is 1.48. The van der Waals surface area contributed by atoms with Gasteiger partial charge < -0.3 is 10.2 Å². The molecule has 154 valence electrons. The molecule has 0 bridgehead atoms. The van der Waals surface area contributed by atoms with Crippen LogP contribution in [-0.4, -0.2) is 43.0 Å². The van der Waals surface area contributed by atoms with Gasteiger partial charge in [-0.15, -0.1) is 0 Å². The van der Waals surface area contributed by atoms with E-state index in [0.717, 1.165) is 44.6 Å². The molecule has 2 fully saturated rings. The Morgan fingerprint density at radius 2 is 1.55 bits per heavy atom. The molecule has 1 aliphatic carbocycles. The third kappa shape index (κ3) is 5.12. The maximum absolute atomic E-state index is 13.3. The summed E-state index contributed by atoms with van der Waals surface area (Å²) in [6, 6.07) is 18.3. The van der Waals surface area contributed by atoms with E-state index >= 15 is 0 Å². The molecule has 2 aromatic rings. The van der Waals surface area contributed by atoms with Crippen LogP contribution in [0.1, 0.15) is 43.7 Å². The first-order valence-corrected chi connectivity index (χ1v) is 11.2. The van der Waals surface area contributed by atoms with Crippen LogP contribution in [0.25, 0.3) is 0 Å². The highest BCUT2D eigenvalue weighted by molar-refractivity contribution is 6.30. The van der Waals surface area contributed by atoms with E-state index in [1.807, 2.05) is 30.3 Å². The molecule has 1 saturated carbocycles. The SMILES string of the molecule is O=C(NC1CCCCC1)[C@@H](c1ccc(Cl)cc1)N1CCN(c2ccccc2)CC1. The summed E-state index contributed by atoms with van der Waals surface area (Å²) in [7, 11) is 0. The van der Waals surface area contributed by atoms with E-state index in [9.17, 15) is 4.79 Å². The maximum Gasteiger partial charge on any atom is 0.242 e. The number of para-hydroxylation sites is 1. The van der Waals surface area contributed by atoms with Crippen molar-refractivity contribution in [2.24, 2.45) is 0 Å². The molecule has 2 aliphatic rings. The molecule has 1 saturated heterocycles. The fourth-order valence-corrected chi connectivity index (χ4v) is 4.70. The second kappa shape index (κ2) is 9.64. The topological polar surface area (TPSA) is 35.6 Å².